The minimum absolute atomic E-state index is 0.242. The third-order valence-corrected chi connectivity index (χ3v) is 4.79. The molecule has 0 atom stereocenters. The first kappa shape index (κ1) is 18.4. The summed E-state index contributed by atoms with van der Waals surface area (Å²) in [5, 5.41) is 11.2. The molecule has 0 aliphatic rings. The fraction of sp³-hybridized carbons (Fsp3) is 0.562. The van der Waals surface area contributed by atoms with E-state index < -0.39 is 0 Å². The molecule has 2 rings (SSSR count). The zero-order valence-corrected chi connectivity index (χ0v) is 15.8. The average Bonchev–Trinajstić information content (AvgIpc) is 3.09. The second-order valence-corrected chi connectivity index (χ2v) is 6.46. The third-order valence-electron chi connectivity index (χ3n) is 4.04. The van der Waals surface area contributed by atoms with Gasteiger partial charge in [0.1, 0.15) is 5.82 Å². The molecular weight excluding hydrogens is 324 g/mol. The Balaban J connectivity index is 2.01. The molecule has 0 fully saturated rings. The van der Waals surface area contributed by atoms with Crippen molar-refractivity contribution in [1.29, 1.82) is 0 Å². The van der Waals surface area contributed by atoms with Crippen LogP contribution in [0.15, 0.2) is 17.4 Å². The molecule has 0 aromatic carbocycles. The summed E-state index contributed by atoms with van der Waals surface area (Å²) in [4.78, 5) is 16.5. The van der Waals surface area contributed by atoms with Crippen molar-refractivity contribution < 1.29 is 4.79 Å². The summed E-state index contributed by atoms with van der Waals surface area (Å²) < 4.78 is 3.88. The molecule has 0 bridgehead atoms. The van der Waals surface area contributed by atoms with Gasteiger partial charge in [0.05, 0.1) is 30.2 Å². The predicted molar refractivity (Wildman–Crippen MR) is 97.4 cm³/mol. The summed E-state index contributed by atoms with van der Waals surface area (Å²) >= 11 is 1.58. The second kappa shape index (κ2) is 8.23. The number of rotatable bonds is 7. The van der Waals surface area contributed by atoms with Crippen molar-refractivity contribution in [3.63, 3.8) is 0 Å². The van der Waals surface area contributed by atoms with E-state index in [1.807, 2.05) is 35.5 Å². The van der Waals surface area contributed by atoms with E-state index >= 15 is 0 Å². The zero-order valence-electron chi connectivity index (χ0n) is 15.0. The maximum Gasteiger partial charge on any atom is 0.320 e. The summed E-state index contributed by atoms with van der Waals surface area (Å²) in [5.74, 6) is 0.730. The molecule has 0 spiro atoms. The molecule has 0 unspecified atom stereocenters. The topological polar surface area (TPSA) is 76.8 Å². The Morgan fingerprint density at radius 1 is 1.38 bits per heavy atom. The second-order valence-electron chi connectivity index (χ2n) is 5.69. The van der Waals surface area contributed by atoms with Crippen molar-refractivity contribution in [3.8, 4) is 0 Å². The van der Waals surface area contributed by atoms with Crippen LogP contribution in [0, 0.1) is 6.92 Å². The van der Waals surface area contributed by atoms with Gasteiger partial charge in [0, 0.05) is 13.1 Å². The Labute approximate surface area is 147 Å². The van der Waals surface area contributed by atoms with Gasteiger partial charge in [-0.2, -0.15) is 5.10 Å². The molecule has 0 aliphatic heterocycles. The molecule has 2 amide bonds. The zero-order chi connectivity index (χ0) is 17.7. The number of hydrogen-bond acceptors (Lipinski definition) is 4. The van der Waals surface area contributed by atoms with E-state index in [0.29, 0.717) is 6.54 Å². The number of thioether (sulfide) groups is 1. The molecule has 2 heterocycles. The van der Waals surface area contributed by atoms with Crippen molar-refractivity contribution in [1.82, 2.24) is 24.6 Å². The van der Waals surface area contributed by atoms with Gasteiger partial charge in [-0.15, -0.1) is 0 Å². The van der Waals surface area contributed by atoms with Crippen LogP contribution in [0.3, 0.4) is 0 Å². The van der Waals surface area contributed by atoms with Gasteiger partial charge in [0.25, 0.3) is 0 Å². The van der Waals surface area contributed by atoms with Crippen LogP contribution in [0.4, 0.5) is 10.6 Å². The lowest BCUT2D eigenvalue weighted by molar-refractivity contribution is 0.251. The molecular formula is C16H26N6OS. The van der Waals surface area contributed by atoms with Crippen LogP contribution in [0.2, 0.25) is 0 Å². The molecule has 0 saturated carbocycles. The molecule has 7 nitrogen and oxygen atoms in total. The SMILES string of the molecule is CCC(CC)n1nc(C)cc1NC(=O)NCc1cnc(SC)n1C. The minimum atomic E-state index is -0.242. The highest BCUT2D eigenvalue weighted by atomic mass is 32.2. The van der Waals surface area contributed by atoms with E-state index in [0.717, 1.165) is 35.2 Å². The number of hydrogen-bond donors (Lipinski definition) is 2. The van der Waals surface area contributed by atoms with Crippen LogP contribution in [-0.4, -0.2) is 31.6 Å². The first-order valence-electron chi connectivity index (χ1n) is 8.15. The molecule has 2 aromatic rings. The van der Waals surface area contributed by atoms with Gasteiger partial charge in [-0.1, -0.05) is 25.6 Å². The molecule has 0 radical (unpaired) electrons. The lowest BCUT2D eigenvalue weighted by Gasteiger charge is -2.17. The number of urea groups is 1. The Kier molecular flexibility index (Phi) is 6.30. The number of nitrogens with one attached hydrogen (secondary N) is 2. The van der Waals surface area contributed by atoms with Crippen molar-refractivity contribution in [2.75, 3.05) is 11.6 Å². The number of imidazole rings is 1. The molecule has 8 heteroatoms. The van der Waals surface area contributed by atoms with Gasteiger partial charge < -0.3 is 9.88 Å². The van der Waals surface area contributed by atoms with E-state index in [4.69, 9.17) is 0 Å². The number of carbonyl (C=O) groups excluding carboxylic acids is 1. The van der Waals surface area contributed by atoms with Crippen molar-refractivity contribution >= 4 is 23.6 Å². The van der Waals surface area contributed by atoms with Gasteiger partial charge in [-0.3, -0.25) is 5.32 Å². The van der Waals surface area contributed by atoms with E-state index in [2.05, 4.69) is 34.6 Å². The number of carbonyl (C=O) groups is 1. The number of amides is 2. The van der Waals surface area contributed by atoms with E-state index in [1.54, 1.807) is 18.0 Å². The molecule has 0 saturated heterocycles. The first-order valence-corrected chi connectivity index (χ1v) is 9.38. The minimum Gasteiger partial charge on any atom is -0.332 e. The lowest BCUT2D eigenvalue weighted by Crippen LogP contribution is -2.30. The van der Waals surface area contributed by atoms with Crippen LogP contribution in [0.1, 0.15) is 44.1 Å². The van der Waals surface area contributed by atoms with E-state index in [-0.39, 0.29) is 12.1 Å². The summed E-state index contributed by atoms with van der Waals surface area (Å²) in [5.41, 5.74) is 1.85. The molecule has 24 heavy (non-hydrogen) atoms. The Hall–Kier alpha value is -1.96. The number of aromatic nitrogens is 4. The van der Waals surface area contributed by atoms with Crippen molar-refractivity contribution in [2.24, 2.45) is 7.05 Å². The summed E-state index contributed by atoms with van der Waals surface area (Å²) in [7, 11) is 1.94. The molecule has 0 aliphatic carbocycles. The van der Waals surface area contributed by atoms with Crippen LogP contribution in [0.25, 0.3) is 0 Å². The van der Waals surface area contributed by atoms with Crippen molar-refractivity contribution in [2.45, 2.75) is 51.4 Å². The van der Waals surface area contributed by atoms with Gasteiger partial charge in [-0.05, 0) is 26.0 Å². The lowest BCUT2D eigenvalue weighted by atomic mass is 10.2. The highest BCUT2D eigenvalue weighted by Crippen LogP contribution is 2.21. The summed E-state index contributed by atoms with van der Waals surface area (Å²) in [6, 6.07) is 1.94. The normalized spacial score (nSPS) is 11.1. The highest BCUT2D eigenvalue weighted by Gasteiger charge is 2.15. The first-order chi connectivity index (χ1) is 11.5. The summed E-state index contributed by atoms with van der Waals surface area (Å²) in [6.07, 6.45) is 5.71. The summed E-state index contributed by atoms with van der Waals surface area (Å²) in [6.45, 7) is 6.61. The number of nitrogens with zero attached hydrogens (tertiary/aromatic N) is 4. The average molecular weight is 350 g/mol. The fourth-order valence-electron chi connectivity index (χ4n) is 2.63. The molecule has 2 aromatic heterocycles. The van der Waals surface area contributed by atoms with E-state index in [9.17, 15) is 4.79 Å². The molecule has 2 N–H and O–H groups in total. The van der Waals surface area contributed by atoms with Gasteiger partial charge >= 0.3 is 6.03 Å². The standard InChI is InChI=1S/C16H26N6OS/c1-6-12(7-2)22-14(8-11(3)20-22)19-15(23)17-9-13-10-18-16(24-5)21(13)4/h8,10,12H,6-7,9H2,1-5H3,(H2,17,19,23). The van der Waals surface area contributed by atoms with Gasteiger partial charge in [-0.25, -0.2) is 14.5 Å². The fourth-order valence-corrected chi connectivity index (χ4v) is 3.18. The molecule has 132 valence electrons. The maximum atomic E-state index is 12.2. The van der Waals surface area contributed by atoms with Crippen LogP contribution in [-0.2, 0) is 13.6 Å². The predicted octanol–water partition coefficient (Wildman–Crippen LogP) is 3.33. The quantitative estimate of drug-likeness (QED) is 0.751. The van der Waals surface area contributed by atoms with Crippen LogP contribution >= 0.6 is 11.8 Å². The van der Waals surface area contributed by atoms with Gasteiger partial charge in [0.2, 0.25) is 0 Å². The Bertz CT molecular complexity index is 689. The smallest absolute Gasteiger partial charge is 0.320 e. The highest BCUT2D eigenvalue weighted by molar-refractivity contribution is 7.98. The Morgan fingerprint density at radius 3 is 2.67 bits per heavy atom. The number of aryl methyl sites for hydroxylation is 1. The number of anilines is 1. The van der Waals surface area contributed by atoms with Crippen molar-refractivity contribution in [3.05, 3.63) is 23.7 Å². The van der Waals surface area contributed by atoms with E-state index in [1.165, 1.54) is 0 Å². The third kappa shape index (κ3) is 4.11. The monoisotopic (exact) mass is 350 g/mol. The largest absolute Gasteiger partial charge is 0.332 e. The van der Waals surface area contributed by atoms with Gasteiger partial charge in [0.15, 0.2) is 5.16 Å². The maximum absolute atomic E-state index is 12.2. The van der Waals surface area contributed by atoms with Crippen LogP contribution in [0.5, 0.6) is 0 Å². The Morgan fingerprint density at radius 2 is 2.08 bits per heavy atom. The van der Waals surface area contributed by atoms with Crippen LogP contribution < -0.4 is 10.6 Å².